The molecule has 4 aromatic rings. The fourth-order valence-corrected chi connectivity index (χ4v) is 3.12. The van der Waals surface area contributed by atoms with Gasteiger partial charge in [0.05, 0.1) is 11.4 Å². The van der Waals surface area contributed by atoms with Crippen LogP contribution in [0, 0.1) is 6.92 Å². The number of aryl methyl sites for hydroxylation is 1. The molecule has 0 saturated carbocycles. The minimum atomic E-state index is -0.136. The van der Waals surface area contributed by atoms with Crippen molar-refractivity contribution in [2.75, 3.05) is 7.05 Å². The van der Waals surface area contributed by atoms with Crippen LogP contribution in [-0.2, 0) is 6.54 Å². The molecule has 1 heterocycles. The molecule has 0 bridgehead atoms. The highest BCUT2D eigenvalue weighted by Gasteiger charge is 2.20. The topological polar surface area (TPSA) is 51.0 Å². The average molecular weight is 356 g/mol. The van der Waals surface area contributed by atoms with Crippen LogP contribution in [0.2, 0.25) is 0 Å². The van der Waals surface area contributed by atoms with Gasteiger partial charge in [0.15, 0.2) is 5.69 Å². The Morgan fingerprint density at radius 1 is 0.926 bits per heavy atom. The molecule has 0 unspecified atom stereocenters. The van der Waals surface area contributed by atoms with E-state index in [-0.39, 0.29) is 5.91 Å². The second kappa shape index (κ2) is 7.03. The number of rotatable bonds is 4. The van der Waals surface area contributed by atoms with E-state index in [4.69, 9.17) is 0 Å². The third-order valence-corrected chi connectivity index (χ3v) is 4.55. The van der Waals surface area contributed by atoms with E-state index in [9.17, 15) is 4.79 Å². The standard InChI is InChI=1S/C22H20N4O/c1-16-21(24-26(23-16)20-10-4-3-5-11-20)22(27)25(2)15-17-12-13-18-8-6-7-9-19(18)14-17/h3-14H,15H2,1-2H3. The summed E-state index contributed by atoms with van der Waals surface area (Å²) in [6.07, 6.45) is 0. The fourth-order valence-electron chi connectivity index (χ4n) is 3.12. The van der Waals surface area contributed by atoms with Gasteiger partial charge >= 0.3 is 0 Å². The quantitative estimate of drug-likeness (QED) is 0.555. The van der Waals surface area contributed by atoms with Gasteiger partial charge in [-0.3, -0.25) is 4.79 Å². The number of carbonyl (C=O) groups is 1. The number of para-hydroxylation sites is 1. The van der Waals surface area contributed by atoms with Gasteiger partial charge in [-0.05, 0) is 41.5 Å². The van der Waals surface area contributed by atoms with Crippen LogP contribution in [-0.4, -0.2) is 32.8 Å². The molecule has 0 aliphatic rings. The normalized spacial score (nSPS) is 10.9. The van der Waals surface area contributed by atoms with Gasteiger partial charge in [-0.1, -0.05) is 54.6 Å². The van der Waals surface area contributed by atoms with E-state index in [0.717, 1.165) is 11.3 Å². The molecule has 0 spiro atoms. The summed E-state index contributed by atoms with van der Waals surface area (Å²) in [5, 5.41) is 11.2. The van der Waals surface area contributed by atoms with Crippen LogP contribution in [0.5, 0.6) is 0 Å². The maximum atomic E-state index is 12.9. The minimum absolute atomic E-state index is 0.136. The molecule has 3 aromatic carbocycles. The van der Waals surface area contributed by atoms with Crippen molar-refractivity contribution >= 4 is 16.7 Å². The average Bonchev–Trinajstić information content (AvgIpc) is 3.09. The van der Waals surface area contributed by atoms with Gasteiger partial charge < -0.3 is 4.90 Å². The first kappa shape index (κ1) is 17.0. The van der Waals surface area contributed by atoms with Gasteiger partial charge in [-0.15, -0.1) is 5.10 Å². The highest BCUT2D eigenvalue weighted by Crippen LogP contribution is 2.17. The van der Waals surface area contributed by atoms with Crippen molar-refractivity contribution in [1.82, 2.24) is 19.9 Å². The fraction of sp³-hybridized carbons (Fsp3) is 0.136. The van der Waals surface area contributed by atoms with E-state index in [1.54, 1.807) is 11.9 Å². The third kappa shape index (κ3) is 3.44. The largest absolute Gasteiger partial charge is 0.336 e. The number of aromatic nitrogens is 3. The molecule has 4 rings (SSSR count). The lowest BCUT2D eigenvalue weighted by Gasteiger charge is -2.16. The molecule has 5 nitrogen and oxygen atoms in total. The van der Waals surface area contributed by atoms with Gasteiger partial charge in [0.2, 0.25) is 0 Å². The summed E-state index contributed by atoms with van der Waals surface area (Å²) in [4.78, 5) is 16.1. The van der Waals surface area contributed by atoms with Gasteiger partial charge in [-0.2, -0.15) is 9.90 Å². The Morgan fingerprint density at radius 2 is 1.63 bits per heavy atom. The highest BCUT2D eigenvalue weighted by molar-refractivity contribution is 5.93. The Kier molecular flexibility index (Phi) is 4.42. The molecular weight excluding hydrogens is 336 g/mol. The van der Waals surface area contributed by atoms with Crippen molar-refractivity contribution in [3.05, 3.63) is 89.7 Å². The summed E-state index contributed by atoms with van der Waals surface area (Å²) in [7, 11) is 1.79. The zero-order chi connectivity index (χ0) is 18.8. The molecule has 27 heavy (non-hydrogen) atoms. The van der Waals surface area contributed by atoms with E-state index < -0.39 is 0 Å². The summed E-state index contributed by atoms with van der Waals surface area (Å²) in [6.45, 7) is 2.32. The molecule has 0 fully saturated rings. The number of benzene rings is 3. The van der Waals surface area contributed by atoms with E-state index in [1.165, 1.54) is 15.6 Å². The van der Waals surface area contributed by atoms with Crippen LogP contribution in [0.3, 0.4) is 0 Å². The van der Waals surface area contributed by atoms with Crippen LogP contribution < -0.4 is 0 Å². The van der Waals surface area contributed by atoms with Crippen molar-refractivity contribution in [3.8, 4) is 5.69 Å². The Labute approximate surface area is 157 Å². The monoisotopic (exact) mass is 356 g/mol. The Morgan fingerprint density at radius 3 is 2.41 bits per heavy atom. The van der Waals surface area contributed by atoms with Gasteiger partial charge in [0, 0.05) is 13.6 Å². The predicted molar refractivity (Wildman–Crippen MR) is 106 cm³/mol. The predicted octanol–water partition coefficient (Wildman–Crippen LogP) is 4.00. The summed E-state index contributed by atoms with van der Waals surface area (Å²) >= 11 is 0. The molecule has 134 valence electrons. The molecule has 1 amide bonds. The number of hydrogen-bond donors (Lipinski definition) is 0. The molecule has 0 radical (unpaired) electrons. The zero-order valence-corrected chi connectivity index (χ0v) is 15.3. The molecule has 0 saturated heterocycles. The number of carbonyl (C=O) groups excluding carboxylic acids is 1. The maximum absolute atomic E-state index is 12.9. The molecule has 0 atom stereocenters. The van der Waals surface area contributed by atoms with Crippen molar-refractivity contribution in [2.45, 2.75) is 13.5 Å². The molecular formula is C22H20N4O. The van der Waals surface area contributed by atoms with E-state index in [0.29, 0.717) is 17.9 Å². The lowest BCUT2D eigenvalue weighted by Crippen LogP contribution is -2.27. The number of amides is 1. The summed E-state index contributed by atoms with van der Waals surface area (Å²) < 4.78 is 0. The summed E-state index contributed by atoms with van der Waals surface area (Å²) in [6, 6.07) is 24.1. The van der Waals surface area contributed by atoms with Gasteiger partial charge in [-0.25, -0.2) is 0 Å². The Bertz CT molecular complexity index is 1100. The first-order chi connectivity index (χ1) is 13.1. The van der Waals surface area contributed by atoms with Crippen LogP contribution in [0.15, 0.2) is 72.8 Å². The van der Waals surface area contributed by atoms with Crippen LogP contribution in [0.4, 0.5) is 0 Å². The first-order valence-corrected chi connectivity index (χ1v) is 8.84. The van der Waals surface area contributed by atoms with Gasteiger partial charge in [0.25, 0.3) is 5.91 Å². The van der Waals surface area contributed by atoms with Crippen molar-refractivity contribution in [2.24, 2.45) is 0 Å². The van der Waals surface area contributed by atoms with Crippen molar-refractivity contribution in [3.63, 3.8) is 0 Å². The lowest BCUT2D eigenvalue weighted by atomic mass is 10.1. The SMILES string of the molecule is Cc1nn(-c2ccccc2)nc1C(=O)N(C)Cc1ccc2ccccc2c1. The van der Waals surface area contributed by atoms with E-state index >= 15 is 0 Å². The zero-order valence-electron chi connectivity index (χ0n) is 15.3. The molecule has 0 aliphatic heterocycles. The highest BCUT2D eigenvalue weighted by atomic mass is 16.2. The summed E-state index contributed by atoms with van der Waals surface area (Å²) in [5.74, 6) is -0.136. The third-order valence-electron chi connectivity index (χ3n) is 4.55. The minimum Gasteiger partial charge on any atom is -0.336 e. The van der Waals surface area contributed by atoms with E-state index in [1.807, 2.05) is 49.4 Å². The second-order valence-corrected chi connectivity index (χ2v) is 6.60. The smallest absolute Gasteiger partial charge is 0.276 e. The lowest BCUT2D eigenvalue weighted by molar-refractivity contribution is 0.0778. The van der Waals surface area contributed by atoms with E-state index in [2.05, 4.69) is 40.5 Å². The molecule has 0 N–H and O–H groups in total. The number of nitrogens with zero attached hydrogens (tertiary/aromatic N) is 4. The van der Waals surface area contributed by atoms with Gasteiger partial charge in [0.1, 0.15) is 0 Å². The number of fused-ring (bicyclic) bond motifs is 1. The molecule has 5 heteroatoms. The summed E-state index contributed by atoms with van der Waals surface area (Å²) in [5.41, 5.74) is 2.91. The Hall–Kier alpha value is -3.47. The maximum Gasteiger partial charge on any atom is 0.276 e. The van der Waals surface area contributed by atoms with Crippen LogP contribution in [0.1, 0.15) is 21.7 Å². The second-order valence-electron chi connectivity index (χ2n) is 6.60. The van der Waals surface area contributed by atoms with Crippen molar-refractivity contribution < 1.29 is 4.79 Å². The first-order valence-electron chi connectivity index (χ1n) is 8.84. The van der Waals surface area contributed by atoms with Crippen molar-refractivity contribution in [1.29, 1.82) is 0 Å². The number of hydrogen-bond acceptors (Lipinski definition) is 3. The Balaban J connectivity index is 1.56. The van der Waals surface area contributed by atoms with Crippen LogP contribution >= 0.6 is 0 Å². The molecule has 1 aromatic heterocycles. The van der Waals surface area contributed by atoms with Crippen LogP contribution in [0.25, 0.3) is 16.5 Å². The molecule has 0 aliphatic carbocycles.